The largest absolute Gasteiger partial charge is 0.389 e. The molecule has 4 nitrogen and oxygen atoms in total. The number of hydrogen-bond donors (Lipinski definition) is 3. The van der Waals surface area contributed by atoms with E-state index in [9.17, 15) is 4.79 Å². The number of anilines is 1. The number of amides is 2. The van der Waals surface area contributed by atoms with Gasteiger partial charge in [0.15, 0.2) is 0 Å². The fourth-order valence-corrected chi connectivity index (χ4v) is 2.27. The van der Waals surface area contributed by atoms with E-state index in [4.69, 9.17) is 18.0 Å². The fourth-order valence-electron chi connectivity index (χ4n) is 1.67. The van der Waals surface area contributed by atoms with E-state index >= 15 is 0 Å². The van der Waals surface area contributed by atoms with Crippen LogP contribution >= 0.6 is 28.1 Å². The van der Waals surface area contributed by atoms with Crippen molar-refractivity contribution in [2.45, 2.75) is 25.3 Å². The summed E-state index contributed by atoms with van der Waals surface area (Å²) in [5, 5.41) is 5.70. The maximum absolute atomic E-state index is 11.7. The van der Waals surface area contributed by atoms with Crippen LogP contribution in [0.25, 0.3) is 0 Å². The van der Waals surface area contributed by atoms with E-state index in [0.29, 0.717) is 16.7 Å². The summed E-state index contributed by atoms with van der Waals surface area (Å²) in [6, 6.07) is 5.50. The average molecular weight is 328 g/mol. The molecule has 1 saturated carbocycles. The maximum Gasteiger partial charge on any atom is 0.319 e. The predicted molar refractivity (Wildman–Crippen MR) is 79.8 cm³/mol. The quantitative estimate of drug-likeness (QED) is 0.748. The lowest BCUT2D eigenvalue weighted by Crippen LogP contribution is -2.41. The summed E-state index contributed by atoms with van der Waals surface area (Å²) in [5.74, 6) is 0. The average Bonchev–Trinajstić information content (AvgIpc) is 2.26. The van der Waals surface area contributed by atoms with E-state index in [1.165, 1.54) is 6.42 Å². The number of hydrogen-bond acceptors (Lipinski definition) is 2. The minimum atomic E-state index is -0.177. The molecule has 96 valence electrons. The van der Waals surface area contributed by atoms with Crippen LogP contribution in [0.5, 0.6) is 0 Å². The Morgan fingerprint density at radius 3 is 2.67 bits per heavy atom. The molecule has 1 aliphatic carbocycles. The molecule has 1 aromatic carbocycles. The maximum atomic E-state index is 11.7. The first-order chi connectivity index (χ1) is 8.56. The lowest BCUT2D eigenvalue weighted by Gasteiger charge is -2.26. The Hall–Kier alpha value is -1.14. The topological polar surface area (TPSA) is 67.1 Å². The van der Waals surface area contributed by atoms with Crippen LogP contribution in [0.3, 0.4) is 0 Å². The number of rotatable bonds is 3. The van der Waals surface area contributed by atoms with Crippen molar-refractivity contribution < 1.29 is 4.79 Å². The minimum absolute atomic E-state index is 0.177. The van der Waals surface area contributed by atoms with E-state index in [1.807, 2.05) is 0 Å². The second-order valence-electron chi connectivity index (χ2n) is 4.29. The normalized spacial score (nSPS) is 14.7. The monoisotopic (exact) mass is 327 g/mol. The van der Waals surface area contributed by atoms with Gasteiger partial charge in [-0.05, 0) is 53.4 Å². The van der Waals surface area contributed by atoms with E-state index in [2.05, 4.69) is 26.6 Å². The zero-order valence-electron chi connectivity index (χ0n) is 9.70. The van der Waals surface area contributed by atoms with E-state index in [1.54, 1.807) is 18.2 Å². The third-order valence-corrected chi connectivity index (χ3v) is 3.83. The van der Waals surface area contributed by atoms with Gasteiger partial charge in [-0.1, -0.05) is 12.2 Å². The Bertz CT molecular complexity index is 488. The Balaban J connectivity index is 2.00. The highest BCUT2D eigenvalue weighted by atomic mass is 79.9. The molecule has 6 heteroatoms. The van der Waals surface area contributed by atoms with Crippen LogP contribution < -0.4 is 16.4 Å². The molecule has 2 rings (SSSR count). The molecule has 1 fully saturated rings. The standard InChI is InChI=1S/C12H14BrN3OS/c13-9-6-7(11(14)18)4-5-10(9)16-12(17)15-8-2-1-3-8/h4-6,8H,1-3H2,(H2,14,18)(H2,15,16,17). The SMILES string of the molecule is NC(=S)c1ccc(NC(=O)NC2CCC2)c(Br)c1. The summed E-state index contributed by atoms with van der Waals surface area (Å²) in [6.45, 7) is 0. The molecule has 18 heavy (non-hydrogen) atoms. The molecule has 0 atom stereocenters. The molecular formula is C12H14BrN3OS. The number of carbonyl (C=O) groups is 1. The predicted octanol–water partition coefficient (Wildman–Crippen LogP) is 2.76. The van der Waals surface area contributed by atoms with Crippen molar-refractivity contribution in [2.24, 2.45) is 5.73 Å². The van der Waals surface area contributed by atoms with Crippen molar-refractivity contribution in [1.29, 1.82) is 0 Å². The molecule has 0 aromatic heterocycles. The third kappa shape index (κ3) is 3.20. The van der Waals surface area contributed by atoms with Crippen LogP contribution in [-0.2, 0) is 0 Å². The number of urea groups is 1. The molecular weight excluding hydrogens is 314 g/mol. The smallest absolute Gasteiger partial charge is 0.319 e. The van der Waals surface area contributed by atoms with Gasteiger partial charge in [0.1, 0.15) is 4.99 Å². The zero-order chi connectivity index (χ0) is 13.1. The highest BCUT2D eigenvalue weighted by molar-refractivity contribution is 9.10. The molecule has 0 aliphatic heterocycles. The third-order valence-electron chi connectivity index (χ3n) is 2.94. The fraction of sp³-hybridized carbons (Fsp3) is 0.333. The van der Waals surface area contributed by atoms with Gasteiger partial charge < -0.3 is 16.4 Å². The Morgan fingerprint density at radius 2 is 2.17 bits per heavy atom. The van der Waals surface area contributed by atoms with E-state index < -0.39 is 0 Å². The van der Waals surface area contributed by atoms with Crippen molar-refractivity contribution in [3.63, 3.8) is 0 Å². The first kappa shape index (κ1) is 13.3. The number of carbonyl (C=O) groups excluding carboxylic acids is 1. The summed E-state index contributed by atoms with van der Waals surface area (Å²) >= 11 is 8.27. The summed E-state index contributed by atoms with van der Waals surface area (Å²) in [5.41, 5.74) is 7.00. The van der Waals surface area contributed by atoms with Gasteiger partial charge in [-0.25, -0.2) is 4.79 Å². The van der Waals surface area contributed by atoms with Crippen molar-refractivity contribution >= 4 is 44.9 Å². The van der Waals surface area contributed by atoms with Gasteiger partial charge in [-0.15, -0.1) is 0 Å². The number of benzene rings is 1. The van der Waals surface area contributed by atoms with Crippen LogP contribution in [0.2, 0.25) is 0 Å². The molecule has 1 aliphatic rings. The number of nitrogens with two attached hydrogens (primary N) is 1. The number of thiocarbonyl (C=S) groups is 1. The lowest BCUT2D eigenvalue weighted by atomic mass is 9.93. The molecule has 1 aromatic rings. The van der Waals surface area contributed by atoms with Gasteiger partial charge in [0.05, 0.1) is 5.69 Å². The van der Waals surface area contributed by atoms with Gasteiger partial charge in [0.25, 0.3) is 0 Å². The van der Waals surface area contributed by atoms with E-state index in [-0.39, 0.29) is 6.03 Å². The van der Waals surface area contributed by atoms with Gasteiger partial charge >= 0.3 is 6.03 Å². The molecule has 0 heterocycles. The van der Waals surface area contributed by atoms with Crippen molar-refractivity contribution in [3.8, 4) is 0 Å². The second kappa shape index (κ2) is 5.67. The van der Waals surface area contributed by atoms with Crippen molar-refractivity contribution in [3.05, 3.63) is 28.2 Å². The number of halogens is 1. The molecule has 2 amide bonds. The second-order valence-corrected chi connectivity index (χ2v) is 5.58. The van der Waals surface area contributed by atoms with Crippen molar-refractivity contribution in [1.82, 2.24) is 5.32 Å². The Morgan fingerprint density at radius 1 is 1.44 bits per heavy atom. The van der Waals surface area contributed by atoms with E-state index in [0.717, 1.165) is 22.9 Å². The zero-order valence-corrected chi connectivity index (χ0v) is 12.1. The van der Waals surface area contributed by atoms with Crippen LogP contribution in [0.15, 0.2) is 22.7 Å². The minimum Gasteiger partial charge on any atom is -0.389 e. The molecule has 0 saturated heterocycles. The summed E-state index contributed by atoms with van der Waals surface area (Å²) < 4.78 is 0.761. The highest BCUT2D eigenvalue weighted by Crippen LogP contribution is 2.24. The summed E-state index contributed by atoms with van der Waals surface area (Å²) in [7, 11) is 0. The number of nitrogens with one attached hydrogen (secondary N) is 2. The molecule has 0 bridgehead atoms. The van der Waals surface area contributed by atoms with Crippen LogP contribution in [0.1, 0.15) is 24.8 Å². The molecule has 0 unspecified atom stereocenters. The van der Waals surface area contributed by atoms with Crippen LogP contribution in [-0.4, -0.2) is 17.1 Å². The lowest BCUT2D eigenvalue weighted by molar-refractivity contribution is 0.240. The van der Waals surface area contributed by atoms with Gasteiger partial charge in [-0.2, -0.15) is 0 Å². The van der Waals surface area contributed by atoms with Crippen LogP contribution in [0, 0.1) is 0 Å². The van der Waals surface area contributed by atoms with Gasteiger partial charge in [0, 0.05) is 16.1 Å². The first-order valence-corrected chi connectivity index (χ1v) is 6.93. The first-order valence-electron chi connectivity index (χ1n) is 5.73. The van der Waals surface area contributed by atoms with Gasteiger partial charge in [-0.3, -0.25) is 0 Å². The van der Waals surface area contributed by atoms with Crippen LogP contribution in [0.4, 0.5) is 10.5 Å². The summed E-state index contributed by atoms with van der Waals surface area (Å²) in [4.78, 5) is 12.0. The highest BCUT2D eigenvalue weighted by Gasteiger charge is 2.19. The van der Waals surface area contributed by atoms with Gasteiger partial charge in [0.2, 0.25) is 0 Å². The Kier molecular flexibility index (Phi) is 4.19. The molecule has 0 spiro atoms. The molecule has 0 radical (unpaired) electrons. The molecule has 4 N–H and O–H groups in total. The van der Waals surface area contributed by atoms with Crippen molar-refractivity contribution in [2.75, 3.05) is 5.32 Å². The summed E-state index contributed by atoms with van der Waals surface area (Å²) in [6.07, 6.45) is 3.32. The Labute approximate surface area is 119 Å².